The lowest BCUT2D eigenvalue weighted by Gasteiger charge is -2.23. The summed E-state index contributed by atoms with van der Waals surface area (Å²) in [5.41, 5.74) is 1.04. The maximum Gasteiger partial charge on any atom is 0.357 e. The third-order valence-electron chi connectivity index (χ3n) is 6.56. The van der Waals surface area contributed by atoms with Crippen LogP contribution < -0.4 is 14.8 Å². The molecule has 4 rings (SSSR count). The molecule has 1 amide bonds. The zero-order valence-corrected chi connectivity index (χ0v) is 24.3. The topological polar surface area (TPSA) is 118 Å². The number of nitrogens with zero attached hydrogens (tertiary/aromatic N) is 2. The Hall–Kier alpha value is -3.86. The van der Waals surface area contributed by atoms with E-state index < -0.39 is 11.9 Å². The van der Waals surface area contributed by atoms with Gasteiger partial charge in [-0.15, -0.1) is 0 Å². The fourth-order valence-electron chi connectivity index (χ4n) is 4.72. The Labute approximate surface area is 241 Å². The molecule has 11 heteroatoms. The molecule has 212 valence electrons. The number of hydrogen-bond acceptors (Lipinski definition) is 8. The predicted molar refractivity (Wildman–Crippen MR) is 151 cm³/mol. The molecule has 0 spiro atoms. The van der Waals surface area contributed by atoms with Crippen molar-refractivity contribution in [2.24, 2.45) is 0 Å². The Balaban J connectivity index is 1.74. The third kappa shape index (κ3) is 6.47. The van der Waals surface area contributed by atoms with E-state index in [0.29, 0.717) is 33.8 Å². The van der Waals surface area contributed by atoms with Crippen molar-refractivity contribution in [3.63, 3.8) is 0 Å². The minimum atomic E-state index is -0.758. The molecule has 40 heavy (non-hydrogen) atoms. The SMILES string of the molecule is CCOc1cc(-c2nn(-c3ccccc3)c(C(=O)OC)c2C(=O)OC)cc(Br)c1OCC(=O)NC1CCCCC1. The molecule has 0 atom stereocenters. The van der Waals surface area contributed by atoms with Crippen LogP contribution in [0.3, 0.4) is 0 Å². The quantitative estimate of drug-likeness (QED) is 0.314. The summed E-state index contributed by atoms with van der Waals surface area (Å²) in [7, 11) is 2.45. The Kier molecular flexibility index (Phi) is 9.81. The summed E-state index contributed by atoms with van der Waals surface area (Å²) >= 11 is 3.53. The zero-order valence-electron chi connectivity index (χ0n) is 22.7. The molecule has 1 aliphatic carbocycles. The van der Waals surface area contributed by atoms with Crippen molar-refractivity contribution in [2.45, 2.75) is 45.1 Å². The smallest absolute Gasteiger partial charge is 0.357 e. The maximum atomic E-state index is 13.0. The fraction of sp³-hybridized carbons (Fsp3) is 0.379. The number of carbonyl (C=O) groups is 3. The van der Waals surface area contributed by atoms with E-state index in [1.807, 2.05) is 13.0 Å². The molecule has 0 unspecified atom stereocenters. The Morgan fingerprint density at radius 1 is 1.00 bits per heavy atom. The lowest BCUT2D eigenvalue weighted by atomic mass is 9.95. The van der Waals surface area contributed by atoms with Gasteiger partial charge in [-0.25, -0.2) is 14.3 Å². The lowest BCUT2D eigenvalue weighted by molar-refractivity contribution is -0.124. The molecule has 0 bridgehead atoms. The number of nitrogens with one attached hydrogen (secondary N) is 1. The summed E-state index contributed by atoms with van der Waals surface area (Å²) in [5, 5.41) is 7.67. The standard InChI is InChI=1S/C29H32BrN3O7/c1-4-39-22-16-18(15-21(30)27(22)40-17-23(34)31-19-11-7-5-8-12-19)25-24(28(35)37-2)26(29(36)38-3)33(32-25)20-13-9-6-10-14-20/h6,9-10,13-16,19H,4-5,7-8,11-12,17H2,1-3H3,(H,31,34). The number of hydrogen-bond donors (Lipinski definition) is 1. The van der Waals surface area contributed by atoms with Crippen molar-refractivity contribution < 1.29 is 33.3 Å². The van der Waals surface area contributed by atoms with E-state index in [4.69, 9.17) is 18.9 Å². The van der Waals surface area contributed by atoms with E-state index in [0.717, 1.165) is 25.7 Å². The molecule has 1 saturated carbocycles. The first kappa shape index (κ1) is 29.1. The molecule has 1 heterocycles. The third-order valence-corrected chi connectivity index (χ3v) is 7.14. The average Bonchev–Trinajstić information content (AvgIpc) is 3.38. The van der Waals surface area contributed by atoms with Crippen LogP contribution >= 0.6 is 15.9 Å². The van der Waals surface area contributed by atoms with Gasteiger partial charge in [-0.3, -0.25) is 4.79 Å². The Bertz CT molecular complexity index is 1370. The van der Waals surface area contributed by atoms with E-state index in [-0.39, 0.29) is 35.5 Å². The van der Waals surface area contributed by atoms with Crippen LogP contribution in [0, 0.1) is 0 Å². The van der Waals surface area contributed by atoms with E-state index in [9.17, 15) is 14.4 Å². The molecule has 1 aliphatic rings. The van der Waals surface area contributed by atoms with E-state index in [1.54, 1.807) is 36.4 Å². The van der Waals surface area contributed by atoms with Crippen LogP contribution in [0.1, 0.15) is 59.9 Å². The molecule has 0 saturated heterocycles. The summed E-state index contributed by atoms with van der Waals surface area (Å²) < 4.78 is 23.6. The molecular formula is C29H32BrN3O7. The number of ether oxygens (including phenoxy) is 4. The van der Waals surface area contributed by atoms with Crippen LogP contribution in [0.4, 0.5) is 0 Å². The van der Waals surface area contributed by atoms with Crippen molar-refractivity contribution in [2.75, 3.05) is 27.4 Å². The van der Waals surface area contributed by atoms with Crippen LogP contribution in [0.15, 0.2) is 46.9 Å². The first-order valence-electron chi connectivity index (χ1n) is 13.1. The molecule has 0 radical (unpaired) electrons. The normalized spacial score (nSPS) is 13.4. The van der Waals surface area contributed by atoms with Crippen LogP contribution in [0.5, 0.6) is 11.5 Å². The Morgan fingerprint density at radius 2 is 1.70 bits per heavy atom. The number of esters is 2. The minimum Gasteiger partial charge on any atom is -0.490 e. The van der Waals surface area contributed by atoms with Crippen molar-refractivity contribution in [3.05, 3.63) is 58.2 Å². The first-order chi connectivity index (χ1) is 19.4. The Morgan fingerprint density at radius 3 is 2.35 bits per heavy atom. The minimum absolute atomic E-state index is 0.0620. The number of rotatable bonds is 10. The van der Waals surface area contributed by atoms with Gasteiger partial charge in [0, 0.05) is 11.6 Å². The van der Waals surface area contributed by atoms with E-state index in [2.05, 4.69) is 26.3 Å². The van der Waals surface area contributed by atoms with Crippen molar-refractivity contribution >= 4 is 33.8 Å². The average molecular weight is 614 g/mol. The second-order valence-corrected chi connectivity index (χ2v) is 10.1. The van der Waals surface area contributed by atoms with Gasteiger partial charge >= 0.3 is 11.9 Å². The highest BCUT2D eigenvalue weighted by Gasteiger charge is 2.32. The molecule has 10 nitrogen and oxygen atoms in total. The van der Waals surface area contributed by atoms with Crippen LogP contribution in [-0.4, -0.2) is 61.1 Å². The van der Waals surface area contributed by atoms with Crippen molar-refractivity contribution in [1.29, 1.82) is 0 Å². The number of aromatic nitrogens is 2. The van der Waals surface area contributed by atoms with Gasteiger partial charge < -0.3 is 24.3 Å². The van der Waals surface area contributed by atoms with Crippen LogP contribution in [0.25, 0.3) is 16.9 Å². The molecule has 1 N–H and O–H groups in total. The maximum absolute atomic E-state index is 13.0. The summed E-state index contributed by atoms with van der Waals surface area (Å²) in [6.07, 6.45) is 5.36. The summed E-state index contributed by atoms with van der Waals surface area (Å²) in [6.45, 7) is 1.95. The van der Waals surface area contributed by atoms with Gasteiger partial charge in [0.25, 0.3) is 5.91 Å². The van der Waals surface area contributed by atoms with Crippen LogP contribution in [0.2, 0.25) is 0 Å². The number of halogens is 1. The highest BCUT2D eigenvalue weighted by molar-refractivity contribution is 9.10. The van der Waals surface area contributed by atoms with Gasteiger partial charge in [-0.2, -0.15) is 5.10 Å². The largest absolute Gasteiger partial charge is 0.490 e. The predicted octanol–water partition coefficient (Wildman–Crippen LogP) is 5.10. The molecule has 1 aromatic heterocycles. The number of benzene rings is 2. The number of carbonyl (C=O) groups excluding carboxylic acids is 3. The van der Waals surface area contributed by atoms with Gasteiger partial charge in [-0.05, 0) is 60.0 Å². The first-order valence-corrected chi connectivity index (χ1v) is 13.9. The lowest BCUT2D eigenvalue weighted by Crippen LogP contribution is -2.39. The van der Waals surface area contributed by atoms with Gasteiger partial charge in [0.05, 0.1) is 31.0 Å². The van der Waals surface area contributed by atoms with Gasteiger partial charge in [0.1, 0.15) is 11.3 Å². The summed E-state index contributed by atoms with van der Waals surface area (Å²) in [5.74, 6) is -1.05. The van der Waals surface area contributed by atoms with Crippen molar-refractivity contribution in [3.8, 4) is 28.4 Å². The zero-order chi connectivity index (χ0) is 28.6. The second-order valence-electron chi connectivity index (χ2n) is 9.21. The second kappa shape index (κ2) is 13.5. The van der Waals surface area contributed by atoms with Gasteiger partial charge in [0.2, 0.25) is 0 Å². The van der Waals surface area contributed by atoms with Crippen molar-refractivity contribution in [1.82, 2.24) is 15.1 Å². The molecule has 3 aromatic rings. The van der Waals surface area contributed by atoms with E-state index in [1.165, 1.54) is 25.3 Å². The molecule has 2 aromatic carbocycles. The van der Waals surface area contributed by atoms with Gasteiger partial charge in [0.15, 0.2) is 23.8 Å². The number of para-hydroxylation sites is 1. The monoisotopic (exact) mass is 613 g/mol. The van der Waals surface area contributed by atoms with Gasteiger partial charge in [-0.1, -0.05) is 37.5 Å². The number of methoxy groups -OCH3 is 2. The van der Waals surface area contributed by atoms with E-state index >= 15 is 0 Å². The fourth-order valence-corrected chi connectivity index (χ4v) is 5.27. The van der Waals surface area contributed by atoms with Crippen LogP contribution in [-0.2, 0) is 14.3 Å². The molecular weight excluding hydrogens is 582 g/mol. The molecule has 1 fully saturated rings. The highest BCUT2D eigenvalue weighted by Crippen LogP contribution is 2.41. The molecule has 0 aliphatic heterocycles. The summed E-state index contributed by atoms with van der Waals surface area (Å²) in [4.78, 5) is 38.5. The summed E-state index contributed by atoms with van der Waals surface area (Å²) in [6, 6.07) is 12.4. The number of amides is 1. The highest BCUT2D eigenvalue weighted by atomic mass is 79.9.